The number of aromatic nitrogens is 3. The zero-order chi connectivity index (χ0) is 14.3. The van der Waals surface area contributed by atoms with E-state index in [4.69, 9.17) is 0 Å². The molecule has 8 heteroatoms. The summed E-state index contributed by atoms with van der Waals surface area (Å²) < 4.78 is 40.7. The number of pyridine rings is 1. The van der Waals surface area contributed by atoms with Crippen molar-refractivity contribution in [2.24, 2.45) is 0 Å². The predicted molar refractivity (Wildman–Crippen MR) is 71.4 cm³/mol. The number of nitrogens with zero attached hydrogens (tertiary/aromatic N) is 3. The van der Waals surface area contributed by atoms with Crippen LogP contribution in [0.25, 0.3) is 11.3 Å². The second-order valence-corrected chi connectivity index (χ2v) is 5.26. The van der Waals surface area contributed by atoms with Gasteiger partial charge in [0.05, 0.1) is 4.47 Å². The van der Waals surface area contributed by atoms with Gasteiger partial charge in [-0.25, -0.2) is 4.68 Å². The van der Waals surface area contributed by atoms with E-state index in [-0.39, 0.29) is 13.0 Å². The third-order valence-corrected chi connectivity index (χ3v) is 3.92. The van der Waals surface area contributed by atoms with Gasteiger partial charge in [-0.2, -0.15) is 18.3 Å². The minimum absolute atomic E-state index is 0.0307. The number of hydrogen-bond acceptors (Lipinski definition) is 3. The molecule has 1 aliphatic heterocycles. The Labute approximate surface area is 121 Å². The Hall–Kier alpha value is -1.57. The quantitative estimate of drug-likeness (QED) is 0.857. The lowest BCUT2D eigenvalue weighted by Gasteiger charge is -2.27. The highest BCUT2D eigenvalue weighted by Gasteiger charge is 2.44. The fourth-order valence-corrected chi connectivity index (χ4v) is 2.87. The van der Waals surface area contributed by atoms with Crippen molar-refractivity contribution in [1.29, 1.82) is 0 Å². The maximum atomic E-state index is 13.0. The molecule has 3 heterocycles. The molecule has 0 bridgehead atoms. The number of alkyl halides is 3. The van der Waals surface area contributed by atoms with E-state index >= 15 is 0 Å². The van der Waals surface area contributed by atoms with Crippen LogP contribution in [0.15, 0.2) is 29.0 Å². The zero-order valence-electron chi connectivity index (χ0n) is 10.2. The molecule has 2 aromatic rings. The van der Waals surface area contributed by atoms with Crippen LogP contribution in [0.4, 0.5) is 19.0 Å². The molecule has 20 heavy (non-hydrogen) atoms. The highest BCUT2D eigenvalue weighted by molar-refractivity contribution is 9.10. The van der Waals surface area contributed by atoms with Crippen LogP contribution >= 0.6 is 15.9 Å². The Morgan fingerprint density at radius 3 is 2.85 bits per heavy atom. The van der Waals surface area contributed by atoms with Gasteiger partial charge in [-0.05, 0) is 34.5 Å². The average Bonchev–Trinajstić information content (AvgIpc) is 2.76. The van der Waals surface area contributed by atoms with Crippen LogP contribution in [0.1, 0.15) is 12.5 Å². The number of halogens is 4. The van der Waals surface area contributed by atoms with E-state index in [0.29, 0.717) is 21.5 Å². The summed E-state index contributed by atoms with van der Waals surface area (Å²) in [6, 6.07) is 1.88. The Bertz CT molecular complexity index is 624. The van der Waals surface area contributed by atoms with E-state index < -0.39 is 12.2 Å². The van der Waals surface area contributed by atoms with Gasteiger partial charge >= 0.3 is 6.18 Å². The van der Waals surface area contributed by atoms with Gasteiger partial charge in [0, 0.05) is 24.5 Å². The summed E-state index contributed by atoms with van der Waals surface area (Å²) in [5.41, 5.74) is 1.13. The lowest BCUT2D eigenvalue weighted by Crippen LogP contribution is -2.34. The topological polar surface area (TPSA) is 42.7 Å². The van der Waals surface area contributed by atoms with Crippen LogP contribution in [0.2, 0.25) is 0 Å². The van der Waals surface area contributed by atoms with Crippen molar-refractivity contribution in [3.05, 3.63) is 29.0 Å². The number of anilines is 1. The monoisotopic (exact) mass is 346 g/mol. The van der Waals surface area contributed by atoms with Crippen molar-refractivity contribution in [3.8, 4) is 11.3 Å². The predicted octanol–water partition coefficient (Wildman–Crippen LogP) is 3.63. The van der Waals surface area contributed by atoms with Gasteiger partial charge in [-0.3, -0.25) is 4.98 Å². The summed E-state index contributed by atoms with van der Waals surface area (Å²) in [6.45, 7) is 0.265. The zero-order valence-corrected chi connectivity index (χ0v) is 11.7. The van der Waals surface area contributed by atoms with Crippen LogP contribution in [0.3, 0.4) is 0 Å². The van der Waals surface area contributed by atoms with E-state index in [0.717, 1.165) is 4.68 Å². The van der Waals surface area contributed by atoms with Gasteiger partial charge in [0.15, 0.2) is 6.04 Å². The second kappa shape index (κ2) is 4.76. The van der Waals surface area contributed by atoms with E-state index in [1.165, 1.54) is 0 Å². The highest BCUT2D eigenvalue weighted by atomic mass is 79.9. The van der Waals surface area contributed by atoms with Gasteiger partial charge in [0.2, 0.25) is 0 Å². The Kier molecular flexibility index (Phi) is 3.19. The molecule has 1 N–H and O–H groups in total. The Morgan fingerprint density at radius 1 is 1.40 bits per heavy atom. The molecule has 0 radical (unpaired) electrons. The van der Waals surface area contributed by atoms with Crippen molar-refractivity contribution in [1.82, 2.24) is 14.8 Å². The summed E-state index contributed by atoms with van der Waals surface area (Å²) >= 11 is 3.33. The summed E-state index contributed by atoms with van der Waals surface area (Å²) in [7, 11) is 0. The Morgan fingerprint density at radius 2 is 2.20 bits per heavy atom. The first kappa shape index (κ1) is 13.4. The van der Waals surface area contributed by atoms with Crippen molar-refractivity contribution in [2.75, 3.05) is 11.9 Å². The van der Waals surface area contributed by atoms with Crippen LogP contribution in [-0.4, -0.2) is 27.5 Å². The van der Waals surface area contributed by atoms with Crippen LogP contribution in [0, 0.1) is 0 Å². The molecule has 2 aromatic heterocycles. The van der Waals surface area contributed by atoms with Crippen LogP contribution in [0.5, 0.6) is 0 Å². The molecule has 106 valence electrons. The van der Waals surface area contributed by atoms with Gasteiger partial charge in [-0.15, -0.1) is 0 Å². The molecule has 1 aliphatic rings. The molecule has 0 saturated heterocycles. The molecule has 3 rings (SSSR count). The molecule has 0 fully saturated rings. The van der Waals surface area contributed by atoms with E-state index in [1.807, 2.05) is 0 Å². The summed E-state index contributed by atoms with van der Waals surface area (Å²) in [5, 5.41) is 7.07. The summed E-state index contributed by atoms with van der Waals surface area (Å²) in [4.78, 5) is 3.96. The molecular formula is C12H10BrF3N4. The van der Waals surface area contributed by atoms with E-state index in [2.05, 4.69) is 31.3 Å². The highest BCUT2D eigenvalue weighted by Crippen LogP contribution is 2.42. The first-order chi connectivity index (χ1) is 9.48. The fourth-order valence-electron chi connectivity index (χ4n) is 2.24. The maximum Gasteiger partial charge on any atom is 0.410 e. The standard InChI is InChI=1S/C12H10BrF3N4/c13-9-10(7-2-1-4-17-6-7)19-20-8(12(14,15)16)3-5-18-11(9)20/h1-2,4,6,8,18H,3,5H2. The molecular weight excluding hydrogens is 337 g/mol. The summed E-state index contributed by atoms with van der Waals surface area (Å²) in [6.07, 6.45) is -1.17. The van der Waals surface area contributed by atoms with E-state index in [1.54, 1.807) is 24.5 Å². The molecule has 0 amide bonds. The third-order valence-electron chi connectivity index (χ3n) is 3.17. The van der Waals surface area contributed by atoms with Crippen molar-refractivity contribution in [3.63, 3.8) is 0 Å². The molecule has 1 atom stereocenters. The van der Waals surface area contributed by atoms with Crippen molar-refractivity contribution >= 4 is 21.7 Å². The average molecular weight is 347 g/mol. The smallest absolute Gasteiger partial charge is 0.369 e. The molecule has 4 nitrogen and oxygen atoms in total. The molecule has 0 spiro atoms. The minimum atomic E-state index is -4.31. The van der Waals surface area contributed by atoms with Gasteiger partial charge < -0.3 is 5.32 Å². The second-order valence-electron chi connectivity index (χ2n) is 4.47. The number of rotatable bonds is 1. The number of fused-ring (bicyclic) bond motifs is 1. The maximum absolute atomic E-state index is 13.0. The SMILES string of the molecule is FC(F)(F)C1CCNc2c(Br)c(-c3cccnc3)nn21. The van der Waals surface area contributed by atoms with Crippen molar-refractivity contribution in [2.45, 2.75) is 18.6 Å². The lowest BCUT2D eigenvalue weighted by molar-refractivity contribution is -0.171. The third kappa shape index (κ3) is 2.17. The van der Waals surface area contributed by atoms with Gasteiger partial charge in [0.1, 0.15) is 11.5 Å². The molecule has 0 aromatic carbocycles. The first-order valence-electron chi connectivity index (χ1n) is 5.97. The van der Waals surface area contributed by atoms with Crippen LogP contribution in [-0.2, 0) is 0 Å². The van der Waals surface area contributed by atoms with E-state index in [9.17, 15) is 13.2 Å². The fraction of sp³-hybridized carbons (Fsp3) is 0.333. The number of nitrogens with one attached hydrogen (secondary N) is 1. The Balaban J connectivity index is 2.12. The summed E-state index contributed by atoms with van der Waals surface area (Å²) in [5.74, 6) is 0.359. The first-order valence-corrected chi connectivity index (χ1v) is 6.77. The normalized spacial score (nSPS) is 18.5. The minimum Gasteiger partial charge on any atom is -0.369 e. The van der Waals surface area contributed by atoms with Gasteiger partial charge in [0.25, 0.3) is 0 Å². The lowest BCUT2D eigenvalue weighted by atomic mass is 10.1. The molecule has 0 saturated carbocycles. The van der Waals surface area contributed by atoms with Crippen LogP contribution < -0.4 is 5.32 Å². The van der Waals surface area contributed by atoms with Crippen molar-refractivity contribution < 1.29 is 13.2 Å². The molecule has 0 aliphatic carbocycles. The van der Waals surface area contributed by atoms with Gasteiger partial charge in [-0.1, -0.05) is 0 Å². The number of hydrogen-bond donors (Lipinski definition) is 1. The largest absolute Gasteiger partial charge is 0.410 e. The molecule has 1 unspecified atom stereocenters.